The maximum Gasteiger partial charge on any atom is 0.167 e. The SMILES string of the molecule is C[C@@]1(O)[C@H](O)[C@@H](CO)O[C@H]1n1cc(Br)c2c(Cl)ncnc21. The van der Waals surface area contributed by atoms with Crippen LogP contribution in [-0.2, 0) is 4.74 Å². The van der Waals surface area contributed by atoms with E-state index in [1.165, 1.54) is 13.3 Å². The maximum absolute atomic E-state index is 10.5. The van der Waals surface area contributed by atoms with Crippen molar-refractivity contribution in [2.75, 3.05) is 6.61 Å². The Bertz CT molecular complexity index is 692. The number of hydrogen-bond donors (Lipinski definition) is 3. The highest BCUT2D eigenvalue weighted by atomic mass is 79.9. The molecule has 1 fully saturated rings. The lowest BCUT2D eigenvalue weighted by Gasteiger charge is -2.27. The van der Waals surface area contributed by atoms with Crippen LogP contribution in [0.5, 0.6) is 0 Å². The summed E-state index contributed by atoms with van der Waals surface area (Å²) in [5.41, 5.74) is -1.13. The number of aliphatic hydroxyl groups is 3. The lowest BCUT2D eigenvalue weighted by molar-refractivity contribution is -0.0948. The van der Waals surface area contributed by atoms with E-state index in [-0.39, 0.29) is 5.15 Å². The van der Waals surface area contributed by atoms with Crippen LogP contribution in [0.15, 0.2) is 17.0 Å². The van der Waals surface area contributed by atoms with Crippen LogP contribution < -0.4 is 0 Å². The molecule has 0 radical (unpaired) electrons. The highest BCUT2D eigenvalue weighted by molar-refractivity contribution is 9.10. The molecule has 0 spiro atoms. The first-order valence-corrected chi connectivity index (χ1v) is 7.38. The summed E-state index contributed by atoms with van der Waals surface area (Å²) in [7, 11) is 0. The molecule has 0 unspecified atom stereocenters. The molecule has 0 aromatic carbocycles. The van der Waals surface area contributed by atoms with Gasteiger partial charge in [-0.1, -0.05) is 11.6 Å². The van der Waals surface area contributed by atoms with E-state index in [4.69, 9.17) is 16.3 Å². The van der Waals surface area contributed by atoms with Gasteiger partial charge in [0.05, 0.1) is 12.0 Å². The average Bonchev–Trinajstić information content (AvgIpc) is 2.87. The highest BCUT2D eigenvalue weighted by Gasteiger charge is 2.53. The Morgan fingerprint density at radius 3 is 2.86 bits per heavy atom. The number of aliphatic hydroxyl groups excluding tert-OH is 2. The van der Waals surface area contributed by atoms with Gasteiger partial charge in [-0.15, -0.1) is 0 Å². The first kappa shape index (κ1) is 15.1. The lowest BCUT2D eigenvalue weighted by atomic mass is 9.96. The molecule has 1 saturated heterocycles. The molecule has 2 aromatic rings. The number of fused-ring (bicyclic) bond motifs is 1. The molecule has 9 heteroatoms. The smallest absolute Gasteiger partial charge is 0.167 e. The quantitative estimate of drug-likeness (QED) is 0.670. The molecule has 3 heterocycles. The van der Waals surface area contributed by atoms with Gasteiger partial charge in [-0.2, -0.15) is 0 Å². The monoisotopic (exact) mass is 377 g/mol. The van der Waals surface area contributed by atoms with E-state index in [9.17, 15) is 15.3 Å². The van der Waals surface area contributed by atoms with Crippen molar-refractivity contribution in [3.63, 3.8) is 0 Å². The molecule has 1 aliphatic rings. The third-order valence-corrected chi connectivity index (χ3v) is 4.59. The first-order valence-electron chi connectivity index (χ1n) is 6.21. The number of nitrogens with zero attached hydrogens (tertiary/aromatic N) is 3. The molecule has 3 rings (SSSR count). The molecule has 2 aromatic heterocycles. The fourth-order valence-corrected chi connectivity index (χ4v) is 3.50. The van der Waals surface area contributed by atoms with Gasteiger partial charge in [-0.05, 0) is 22.9 Å². The number of halogens is 2. The zero-order valence-corrected chi connectivity index (χ0v) is 13.3. The predicted octanol–water partition coefficient (Wildman–Crippen LogP) is 0.849. The molecular formula is C12H13BrClN3O4. The Hall–Kier alpha value is -0.770. The van der Waals surface area contributed by atoms with Crippen LogP contribution in [0, 0.1) is 0 Å². The van der Waals surface area contributed by atoms with Crippen LogP contribution in [0.25, 0.3) is 11.0 Å². The Labute approximate surface area is 133 Å². The Kier molecular flexibility index (Phi) is 3.71. The van der Waals surface area contributed by atoms with Gasteiger partial charge < -0.3 is 24.6 Å². The van der Waals surface area contributed by atoms with Gasteiger partial charge in [-0.25, -0.2) is 9.97 Å². The van der Waals surface area contributed by atoms with Crippen LogP contribution in [0.4, 0.5) is 0 Å². The third kappa shape index (κ3) is 2.18. The van der Waals surface area contributed by atoms with E-state index >= 15 is 0 Å². The van der Waals surface area contributed by atoms with Gasteiger partial charge in [0.15, 0.2) is 6.23 Å². The zero-order valence-electron chi connectivity index (χ0n) is 10.9. The molecule has 1 aliphatic heterocycles. The van der Waals surface area contributed by atoms with Gasteiger partial charge in [0.1, 0.15) is 34.9 Å². The second-order valence-corrected chi connectivity index (χ2v) is 6.34. The topological polar surface area (TPSA) is 101 Å². The summed E-state index contributed by atoms with van der Waals surface area (Å²) in [5.74, 6) is 0. The average molecular weight is 379 g/mol. The summed E-state index contributed by atoms with van der Waals surface area (Å²) in [6, 6.07) is 0. The summed E-state index contributed by atoms with van der Waals surface area (Å²) in [4.78, 5) is 8.06. The van der Waals surface area contributed by atoms with Gasteiger partial charge in [0, 0.05) is 10.7 Å². The number of rotatable bonds is 2. The van der Waals surface area contributed by atoms with Crippen LogP contribution in [-0.4, -0.2) is 54.3 Å². The van der Waals surface area contributed by atoms with Gasteiger partial charge >= 0.3 is 0 Å². The second-order valence-electron chi connectivity index (χ2n) is 5.13. The van der Waals surface area contributed by atoms with Crippen molar-refractivity contribution < 1.29 is 20.1 Å². The molecule has 21 heavy (non-hydrogen) atoms. The molecule has 7 nitrogen and oxygen atoms in total. The van der Waals surface area contributed by atoms with Crippen molar-refractivity contribution >= 4 is 38.6 Å². The molecule has 0 bridgehead atoms. The van der Waals surface area contributed by atoms with Gasteiger partial charge in [-0.3, -0.25) is 0 Å². The van der Waals surface area contributed by atoms with E-state index in [2.05, 4.69) is 25.9 Å². The Morgan fingerprint density at radius 1 is 1.52 bits per heavy atom. The molecular weight excluding hydrogens is 366 g/mol. The van der Waals surface area contributed by atoms with Crippen LogP contribution in [0.2, 0.25) is 5.15 Å². The van der Waals surface area contributed by atoms with E-state index in [0.717, 1.165) is 0 Å². The van der Waals surface area contributed by atoms with Gasteiger partial charge in [0.25, 0.3) is 0 Å². The van der Waals surface area contributed by atoms with E-state index < -0.39 is 30.6 Å². The van der Waals surface area contributed by atoms with Crippen molar-refractivity contribution in [1.29, 1.82) is 0 Å². The van der Waals surface area contributed by atoms with Crippen LogP contribution in [0.1, 0.15) is 13.2 Å². The normalized spacial score (nSPS) is 33.0. The largest absolute Gasteiger partial charge is 0.394 e. The summed E-state index contributed by atoms with van der Waals surface area (Å²) in [6.45, 7) is 1.05. The van der Waals surface area contributed by atoms with Crippen LogP contribution >= 0.6 is 27.5 Å². The molecule has 3 N–H and O–H groups in total. The summed E-state index contributed by atoms with van der Waals surface area (Å²) in [6.07, 6.45) is -0.0578. The molecule has 0 amide bonds. The third-order valence-electron chi connectivity index (χ3n) is 3.70. The van der Waals surface area contributed by atoms with E-state index in [1.54, 1.807) is 10.8 Å². The van der Waals surface area contributed by atoms with Crippen molar-refractivity contribution in [3.8, 4) is 0 Å². The molecule has 114 valence electrons. The summed E-state index contributed by atoms with van der Waals surface area (Å²) < 4.78 is 7.78. The number of ether oxygens (including phenoxy) is 1. The highest BCUT2D eigenvalue weighted by Crippen LogP contribution is 2.41. The minimum absolute atomic E-state index is 0.266. The minimum Gasteiger partial charge on any atom is -0.394 e. The van der Waals surface area contributed by atoms with E-state index in [1.807, 2.05) is 0 Å². The lowest BCUT2D eigenvalue weighted by Crippen LogP contribution is -2.44. The van der Waals surface area contributed by atoms with Crippen molar-refractivity contribution in [3.05, 3.63) is 22.1 Å². The number of aromatic nitrogens is 3. The Morgan fingerprint density at radius 2 is 2.24 bits per heavy atom. The summed E-state index contributed by atoms with van der Waals surface area (Å²) in [5, 5.41) is 30.7. The van der Waals surface area contributed by atoms with E-state index in [0.29, 0.717) is 15.5 Å². The zero-order chi connectivity index (χ0) is 15.4. The van der Waals surface area contributed by atoms with Crippen molar-refractivity contribution in [1.82, 2.24) is 14.5 Å². The first-order chi connectivity index (χ1) is 9.87. The second kappa shape index (κ2) is 5.15. The standard InChI is InChI=1S/C12H13BrClN3O4/c1-12(20)8(19)6(3-18)21-11(12)17-2-5(13)7-9(14)15-4-16-10(7)17/h2,4,6,8,11,18-20H,3H2,1H3/t6-,8-,11-,12-/m1/s1. The van der Waals surface area contributed by atoms with Crippen molar-refractivity contribution in [2.24, 2.45) is 0 Å². The Balaban J connectivity index is 2.15. The number of hydrogen-bond acceptors (Lipinski definition) is 6. The fourth-order valence-electron chi connectivity index (χ4n) is 2.57. The van der Waals surface area contributed by atoms with Crippen LogP contribution in [0.3, 0.4) is 0 Å². The molecule has 0 aliphatic carbocycles. The molecule has 4 atom stereocenters. The predicted molar refractivity (Wildman–Crippen MR) is 77.9 cm³/mol. The minimum atomic E-state index is -1.59. The van der Waals surface area contributed by atoms with Gasteiger partial charge in [0.2, 0.25) is 0 Å². The molecule has 0 saturated carbocycles. The fraction of sp³-hybridized carbons (Fsp3) is 0.500. The van der Waals surface area contributed by atoms with Crippen molar-refractivity contribution in [2.45, 2.75) is 31.0 Å². The summed E-state index contributed by atoms with van der Waals surface area (Å²) >= 11 is 9.42. The maximum atomic E-state index is 10.5.